The highest BCUT2D eigenvalue weighted by atomic mass is 16.5. The molecule has 3 heterocycles. The third-order valence-electron chi connectivity index (χ3n) is 4.28. The minimum atomic E-state index is -0.231. The van der Waals surface area contributed by atoms with Crippen LogP contribution in [0.15, 0.2) is 67.4 Å². The van der Waals surface area contributed by atoms with Gasteiger partial charge in [-0.15, -0.1) is 0 Å². The van der Waals surface area contributed by atoms with Crippen molar-refractivity contribution in [3.8, 4) is 28.7 Å². The second-order valence-corrected chi connectivity index (χ2v) is 6.04. The standard InChI is InChI=1S/C21H17N5O3/c1-28-20-16(11-23-21(25-20)29-2)14-6-5-7-15(10-14)26-12-18(24-13-26)19(27)17-8-3-4-9-22-17/h3-13H,1-2H3. The van der Waals surface area contributed by atoms with Gasteiger partial charge in [-0.05, 0) is 29.8 Å². The summed E-state index contributed by atoms with van der Waals surface area (Å²) in [6.07, 6.45) is 6.50. The van der Waals surface area contributed by atoms with Crippen LogP contribution in [0.1, 0.15) is 16.2 Å². The van der Waals surface area contributed by atoms with Crippen LogP contribution in [-0.2, 0) is 0 Å². The number of rotatable bonds is 6. The number of ether oxygens (including phenoxy) is 2. The summed E-state index contributed by atoms with van der Waals surface area (Å²) in [6.45, 7) is 0. The van der Waals surface area contributed by atoms with E-state index < -0.39 is 0 Å². The van der Waals surface area contributed by atoms with E-state index in [9.17, 15) is 4.79 Å². The zero-order valence-corrected chi connectivity index (χ0v) is 15.8. The van der Waals surface area contributed by atoms with E-state index in [4.69, 9.17) is 9.47 Å². The number of benzene rings is 1. The molecule has 8 heteroatoms. The first-order chi connectivity index (χ1) is 14.2. The predicted octanol–water partition coefficient (Wildman–Crippen LogP) is 2.97. The molecule has 0 saturated heterocycles. The predicted molar refractivity (Wildman–Crippen MR) is 105 cm³/mol. The Bertz CT molecular complexity index is 1160. The van der Waals surface area contributed by atoms with Crippen LogP contribution in [0.5, 0.6) is 11.9 Å². The maximum atomic E-state index is 12.5. The Hall–Kier alpha value is -4.07. The average Bonchev–Trinajstić information content (AvgIpc) is 3.29. The van der Waals surface area contributed by atoms with Crippen LogP contribution in [-0.4, -0.2) is 44.5 Å². The first-order valence-corrected chi connectivity index (χ1v) is 8.75. The highest BCUT2D eigenvalue weighted by Gasteiger charge is 2.15. The van der Waals surface area contributed by atoms with Gasteiger partial charge >= 0.3 is 6.01 Å². The summed E-state index contributed by atoms with van der Waals surface area (Å²) in [4.78, 5) is 29.2. The quantitative estimate of drug-likeness (QED) is 0.470. The Balaban J connectivity index is 1.67. The molecule has 0 aliphatic heterocycles. The van der Waals surface area contributed by atoms with Crippen molar-refractivity contribution in [2.75, 3.05) is 14.2 Å². The first-order valence-electron chi connectivity index (χ1n) is 8.75. The van der Waals surface area contributed by atoms with Gasteiger partial charge in [-0.2, -0.15) is 4.98 Å². The summed E-state index contributed by atoms with van der Waals surface area (Å²) in [5.41, 5.74) is 3.08. The minimum Gasteiger partial charge on any atom is -0.480 e. The lowest BCUT2D eigenvalue weighted by atomic mass is 10.1. The molecule has 4 aromatic rings. The number of methoxy groups -OCH3 is 2. The number of nitrogens with zero attached hydrogens (tertiary/aromatic N) is 5. The van der Waals surface area contributed by atoms with Crippen molar-refractivity contribution in [2.45, 2.75) is 0 Å². The molecule has 0 aliphatic carbocycles. The van der Waals surface area contributed by atoms with E-state index in [1.54, 1.807) is 54.8 Å². The Morgan fingerprint density at radius 3 is 2.62 bits per heavy atom. The lowest BCUT2D eigenvalue weighted by Gasteiger charge is -2.10. The lowest BCUT2D eigenvalue weighted by Crippen LogP contribution is -2.03. The van der Waals surface area contributed by atoms with E-state index in [1.807, 2.05) is 24.3 Å². The van der Waals surface area contributed by atoms with Gasteiger partial charge in [0.2, 0.25) is 11.7 Å². The molecule has 0 spiro atoms. The largest absolute Gasteiger partial charge is 0.480 e. The van der Waals surface area contributed by atoms with E-state index >= 15 is 0 Å². The second-order valence-electron chi connectivity index (χ2n) is 6.04. The maximum Gasteiger partial charge on any atom is 0.319 e. The molecule has 0 amide bonds. The molecule has 1 aromatic carbocycles. The summed E-state index contributed by atoms with van der Waals surface area (Å²) in [7, 11) is 3.04. The molecule has 0 fully saturated rings. The number of imidazole rings is 1. The number of aromatic nitrogens is 5. The molecule has 4 rings (SSSR count). The highest BCUT2D eigenvalue weighted by Crippen LogP contribution is 2.30. The summed E-state index contributed by atoms with van der Waals surface area (Å²) >= 11 is 0. The first kappa shape index (κ1) is 18.3. The smallest absolute Gasteiger partial charge is 0.319 e. The molecule has 0 atom stereocenters. The number of carbonyl (C=O) groups excluding carboxylic acids is 1. The van der Waals surface area contributed by atoms with Crippen LogP contribution in [0.25, 0.3) is 16.8 Å². The average molecular weight is 387 g/mol. The molecule has 0 aliphatic rings. The van der Waals surface area contributed by atoms with Crippen molar-refractivity contribution in [1.82, 2.24) is 24.5 Å². The van der Waals surface area contributed by atoms with Gasteiger partial charge in [-0.1, -0.05) is 18.2 Å². The summed E-state index contributed by atoms with van der Waals surface area (Å²) < 4.78 is 12.2. The fourth-order valence-corrected chi connectivity index (χ4v) is 2.85. The highest BCUT2D eigenvalue weighted by molar-refractivity contribution is 6.06. The van der Waals surface area contributed by atoms with Gasteiger partial charge in [0, 0.05) is 24.3 Å². The molecule has 0 radical (unpaired) electrons. The zero-order chi connectivity index (χ0) is 20.2. The van der Waals surface area contributed by atoms with Gasteiger partial charge in [0.15, 0.2) is 0 Å². The van der Waals surface area contributed by atoms with Gasteiger partial charge in [-0.25, -0.2) is 9.97 Å². The van der Waals surface area contributed by atoms with Gasteiger partial charge in [0.25, 0.3) is 0 Å². The van der Waals surface area contributed by atoms with E-state index in [-0.39, 0.29) is 11.8 Å². The van der Waals surface area contributed by atoms with Crippen molar-refractivity contribution in [3.05, 3.63) is 78.8 Å². The molecule has 0 N–H and O–H groups in total. The van der Waals surface area contributed by atoms with Crippen LogP contribution in [0.4, 0.5) is 0 Å². The van der Waals surface area contributed by atoms with Crippen LogP contribution in [0.3, 0.4) is 0 Å². The number of carbonyl (C=O) groups is 1. The topological polar surface area (TPSA) is 92.0 Å². The van der Waals surface area contributed by atoms with E-state index in [1.165, 1.54) is 7.11 Å². The van der Waals surface area contributed by atoms with Crippen LogP contribution >= 0.6 is 0 Å². The number of hydrogen-bond donors (Lipinski definition) is 0. The van der Waals surface area contributed by atoms with Crippen molar-refractivity contribution in [2.24, 2.45) is 0 Å². The SMILES string of the molecule is COc1ncc(-c2cccc(-n3cnc(C(=O)c4ccccn4)c3)c2)c(OC)n1. The molecular weight excluding hydrogens is 370 g/mol. The Morgan fingerprint density at radius 1 is 0.966 bits per heavy atom. The van der Waals surface area contributed by atoms with E-state index in [2.05, 4.69) is 19.9 Å². The van der Waals surface area contributed by atoms with Crippen LogP contribution in [0.2, 0.25) is 0 Å². The Labute approximate surface area is 166 Å². The summed E-state index contributed by atoms with van der Waals surface area (Å²) in [5.74, 6) is 0.177. The molecule has 3 aromatic heterocycles. The van der Waals surface area contributed by atoms with Crippen LogP contribution < -0.4 is 9.47 Å². The monoisotopic (exact) mass is 387 g/mol. The third kappa shape index (κ3) is 3.68. The molecule has 0 unspecified atom stereocenters. The van der Waals surface area contributed by atoms with Gasteiger partial charge in [-0.3, -0.25) is 9.78 Å². The van der Waals surface area contributed by atoms with E-state index in [0.29, 0.717) is 17.3 Å². The van der Waals surface area contributed by atoms with Gasteiger partial charge in [0.05, 0.1) is 19.8 Å². The number of ketones is 1. The van der Waals surface area contributed by atoms with Crippen LogP contribution in [0, 0.1) is 0 Å². The fraction of sp³-hybridized carbons (Fsp3) is 0.0952. The van der Waals surface area contributed by atoms with Gasteiger partial charge < -0.3 is 14.0 Å². The second kappa shape index (κ2) is 7.89. The minimum absolute atomic E-state index is 0.231. The molecule has 8 nitrogen and oxygen atoms in total. The third-order valence-corrected chi connectivity index (χ3v) is 4.28. The summed E-state index contributed by atoms with van der Waals surface area (Å²) in [5, 5.41) is 0. The fourth-order valence-electron chi connectivity index (χ4n) is 2.85. The molecule has 0 bridgehead atoms. The molecule has 29 heavy (non-hydrogen) atoms. The van der Waals surface area contributed by atoms with Crippen molar-refractivity contribution >= 4 is 5.78 Å². The Kier molecular flexibility index (Phi) is 4.98. The number of pyridine rings is 1. The zero-order valence-electron chi connectivity index (χ0n) is 15.8. The van der Waals surface area contributed by atoms with E-state index in [0.717, 1.165) is 16.8 Å². The van der Waals surface area contributed by atoms with Gasteiger partial charge in [0.1, 0.15) is 17.7 Å². The van der Waals surface area contributed by atoms with Crippen molar-refractivity contribution < 1.29 is 14.3 Å². The number of hydrogen-bond acceptors (Lipinski definition) is 7. The summed E-state index contributed by atoms with van der Waals surface area (Å²) in [6, 6.07) is 13.1. The molecule has 0 saturated carbocycles. The normalized spacial score (nSPS) is 10.6. The Morgan fingerprint density at radius 2 is 1.86 bits per heavy atom. The van der Waals surface area contributed by atoms with Crippen molar-refractivity contribution in [1.29, 1.82) is 0 Å². The maximum absolute atomic E-state index is 12.5. The molecular formula is C21H17N5O3. The molecule has 144 valence electrons. The van der Waals surface area contributed by atoms with Crippen molar-refractivity contribution in [3.63, 3.8) is 0 Å². The lowest BCUT2D eigenvalue weighted by molar-refractivity contribution is 0.103.